The van der Waals surface area contributed by atoms with Gasteiger partial charge in [0.1, 0.15) is 5.75 Å². The Kier molecular flexibility index (Phi) is 6.20. The van der Waals surface area contributed by atoms with E-state index >= 15 is 0 Å². The van der Waals surface area contributed by atoms with Gasteiger partial charge >= 0.3 is 0 Å². The maximum Gasteiger partial charge on any atom is 0.252 e. The topological polar surface area (TPSA) is 86.9 Å². The van der Waals surface area contributed by atoms with Gasteiger partial charge in [0.25, 0.3) is 5.91 Å². The number of fused-ring (bicyclic) bond motifs is 1. The third-order valence-electron chi connectivity index (χ3n) is 5.73. The van der Waals surface area contributed by atoms with Crippen LogP contribution in [0.1, 0.15) is 41.9 Å². The van der Waals surface area contributed by atoms with Gasteiger partial charge in [-0.05, 0) is 56.2 Å². The smallest absolute Gasteiger partial charge is 0.252 e. The van der Waals surface area contributed by atoms with E-state index in [1.54, 1.807) is 18.0 Å². The highest BCUT2D eigenvalue weighted by molar-refractivity contribution is 6.07. The van der Waals surface area contributed by atoms with Gasteiger partial charge in [-0.1, -0.05) is 6.92 Å². The van der Waals surface area contributed by atoms with Crippen molar-refractivity contribution < 1.29 is 9.53 Å². The van der Waals surface area contributed by atoms with Crippen LogP contribution >= 0.6 is 0 Å². The van der Waals surface area contributed by atoms with E-state index in [0.717, 1.165) is 40.9 Å². The standard InChI is InChI=1S/C24H28N6O2/c1-5-18(30-14-6-12-26-30)11-13-25-24(31)20-15-21(17-7-9-19(32-4)10-8-17)27-23-22(20)16(2)28-29(23)3/h6-10,12,14-15,18H,5,11,13H2,1-4H3,(H,25,31)/t18-/m0/s1. The fraction of sp³-hybridized carbons (Fsp3) is 0.333. The van der Waals surface area contributed by atoms with Crippen LogP contribution < -0.4 is 10.1 Å². The van der Waals surface area contributed by atoms with Crippen LogP contribution in [0, 0.1) is 6.92 Å². The minimum Gasteiger partial charge on any atom is -0.497 e. The lowest BCUT2D eigenvalue weighted by Gasteiger charge is -2.16. The van der Waals surface area contributed by atoms with Crippen LogP contribution in [0.3, 0.4) is 0 Å². The summed E-state index contributed by atoms with van der Waals surface area (Å²) in [5, 5.41) is 12.7. The minimum atomic E-state index is -0.126. The number of benzene rings is 1. The quantitative estimate of drug-likeness (QED) is 0.456. The number of amides is 1. The highest BCUT2D eigenvalue weighted by Gasteiger charge is 2.19. The average molecular weight is 433 g/mol. The number of aryl methyl sites for hydroxylation is 2. The molecule has 4 rings (SSSR count). The Labute approximate surface area is 187 Å². The first-order valence-electron chi connectivity index (χ1n) is 10.8. The molecule has 1 atom stereocenters. The summed E-state index contributed by atoms with van der Waals surface area (Å²) in [6.45, 7) is 4.58. The van der Waals surface area contributed by atoms with Crippen molar-refractivity contribution in [1.82, 2.24) is 29.9 Å². The number of aromatic nitrogens is 5. The molecule has 0 spiro atoms. The summed E-state index contributed by atoms with van der Waals surface area (Å²) in [6.07, 6.45) is 5.49. The monoisotopic (exact) mass is 432 g/mol. The second-order valence-electron chi connectivity index (χ2n) is 7.78. The van der Waals surface area contributed by atoms with Crippen LogP contribution in [0.25, 0.3) is 22.3 Å². The van der Waals surface area contributed by atoms with Gasteiger partial charge in [0.05, 0.1) is 35.5 Å². The number of pyridine rings is 1. The summed E-state index contributed by atoms with van der Waals surface area (Å²) < 4.78 is 8.92. The molecule has 0 aliphatic carbocycles. The van der Waals surface area contributed by atoms with Crippen molar-refractivity contribution in [3.8, 4) is 17.0 Å². The predicted octanol–water partition coefficient (Wildman–Crippen LogP) is 3.92. The van der Waals surface area contributed by atoms with E-state index in [1.807, 2.05) is 61.2 Å². The Morgan fingerprint density at radius 2 is 2.03 bits per heavy atom. The maximum absolute atomic E-state index is 13.2. The normalized spacial score (nSPS) is 12.1. The molecule has 1 aromatic carbocycles. The predicted molar refractivity (Wildman–Crippen MR) is 124 cm³/mol. The lowest BCUT2D eigenvalue weighted by atomic mass is 10.0. The number of methoxy groups -OCH3 is 1. The molecule has 3 heterocycles. The van der Waals surface area contributed by atoms with Crippen LogP contribution in [-0.2, 0) is 7.05 Å². The van der Waals surface area contributed by atoms with E-state index in [0.29, 0.717) is 17.8 Å². The first-order valence-corrected chi connectivity index (χ1v) is 10.8. The maximum atomic E-state index is 13.2. The van der Waals surface area contributed by atoms with E-state index < -0.39 is 0 Å². The first-order chi connectivity index (χ1) is 15.5. The molecule has 1 N–H and O–H groups in total. The van der Waals surface area contributed by atoms with Gasteiger partial charge in [-0.25, -0.2) is 4.98 Å². The number of hydrogen-bond acceptors (Lipinski definition) is 5. The Hall–Kier alpha value is -3.68. The lowest BCUT2D eigenvalue weighted by molar-refractivity contribution is 0.0952. The molecule has 0 radical (unpaired) electrons. The minimum absolute atomic E-state index is 0.126. The molecular weight excluding hydrogens is 404 g/mol. The molecule has 8 heteroatoms. The SMILES string of the molecule is CC[C@@H](CCNC(=O)c1cc(-c2ccc(OC)cc2)nc2c1c(C)nn2C)n1cccn1. The van der Waals surface area contributed by atoms with Gasteiger partial charge in [-0.3, -0.25) is 14.2 Å². The van der Waals surface area contributed by atoms with E-state index in [4.69, 9.17) is 9.72 Å². The Bertz CT molecular complexity index is 1210. The summed E-state index contributed by atoms with van der Waals surface area (Å²) in [5.74, 6) is 0.644. The summed E-state index contributed by atoms with van der Waals surface area (Å²) in [6, 6.07) is 11.7. The van der Waals surface area contributed by atoms with Crippen LogP contribution in [0.4, 0.5) is 0 Å². The summed E-state index contributed by atoms with van der Waals surface area (Å²) in [7, 11) is 3.48. The van der Waals surface area contributed by atoms with Gasteiger partial charge < -0.3 is 10.1 Å². The number of hydrogen-bond donors (Lipinski definition) is 1. The molecule has 0 bridgehead atoms. The second kappa shape index (κ2) is 9.21. The van der Waals surface area contributed by atoms with Gasteiger partial charge in [0, 0.05) is 31.5 Å². The molecule has 0 aliphatic rings. The van der Waals surface area contributed by atoms with Crippen molar-refractivity contribution in [2.75, 3.05) is 13.7 Å². The molecule has 0 unspecified atom stereocenters. The molecule has 0 saturated carbocycles. The van der Waals surface area contributed by atoms with E-state index in [-0.39, 0.29) is 11.9 Å². The molecule has 4 aromatic rings. The molecule has 0 aliphatic heterocycles. The highest BCUT2D eigenvalue weighted by Crippen LogP contribution is 2.28. The van der Waals surface area contributed by atoms with Crippen molar-refractivity contribution in [2.24, 2.45) is 7.05 Å². The van der Waals surface area contributed by atoms with E-state index in [2.05, 4.69) is 22.4 Å². The van der Waals surface area contributed by atoms with Gasteiger partial charge in [-0.2, -0.15) is 10.2 Å². The Morgan fingerprint density at radius 1 is 1.25 bits per heavy atom. The molecule has 0 saturated heterocycles. The summed E-state index contributed by atoms with van der Waals surface area (Å²) >= 11 is 0. The lowest BCUT2D eigenvalue weighted by Crippen LogP contribution is -2.27. The van der Waals surface area contributed by atoms with Crippen LogP contribution in [0.15, 0.2) is 48.8 Å². The van der Waals surface area contributed by atoms with Crippen molar-refractivity contribution >= 4 is 16.9 Å². The summed E-state index contributed by atoms with van der Waals surface area (Å²) in [5.41, 5.74) is 3.67. The van der Waals surface area contributed by atoms with Crippen LogP contribution in [-0.4, -0.2) is 44.1 Å². The average Bonchev–Trinajstić information content (AvgIpc) is 3.44. The van der Waals surface area contributed by atoms with E-state index in [9.17, 15) is 4.79 Å². The molecular formula is C24H28N6O2. The number of nitrogens with zero attached hydrogens (tertiary/aromatic N) is 5. The molecule has 8 nitrogen and oxygen atoms in total. The molecule has 3 aromatic heterocycles. The molecule has 32 heavy (non-hydrogen) atoms. The zero-order valence-corrected chi connectivity index (χ0v) is 18.9. The number of ether oxygens (including phenoxy) is 1. The molecule has 0 fully saturated rings. The number of carbonyl (C=O) groups is 1. The molecule has 166 valence electrons. The number of nitrogens with one attached hydrogen (secondary N) is 1. The fourth-order valence-electron chi connectivity index (χ4n) is 4.00. The van der Waals surface area contributed by atoms with Gasteiger partial charge in [0.15, 0.2) is 5.65 Å². The number of carbonyl (C=O) groups excluding carboxylic acids is 1. The third-order valence-corrected chi connectivity index (χ3v) is 5.73. The first kappa shape index (κ1) is 21.5. The van der Waals surface area contributed by atoms with Crippen LogP contribution in [0.5, 0.6) is 5.75 Å². The van der Waals surface area contributed by atoms with Gasteiger partial charge in [-0.15, -0.1) is 0 Å². The largest absolute Gasteiger partial charge is 0.497 e. The van der Waals surface area contributed by atoms with Crippen molar-refractivity contribution in [3.05, 3.63) is 60.0 Å². The Morgan fingerprint density at radius 3 is 2.69 bits per heavy atom. The van der Waals surface area contributed by atoms with Gasteiger partial charge in [0.2, 0.25) is 0 Å². The van der Waals surface area contributed by atoms with Crippen molar-refractivity contribution in [1.29, 1.82) is 0 Å². The van der Waals surface area contributed by atoms with E-state index in [1.165, 1.54) is 0 Å². The third kappa shape index (κ3) is 4.21. The Balaban J connectivity index is 1.62. The zero-order valence-electron chi connectivity index (χ0n) is 18.9. The summed E-state index contributed by atoms with van der Waals surface area (Å²) in [4.78, 5) is 18.0. The molecule has 1 amide bonds. The number of rotatable bonds is 8. The fourth-order valence-corrected chi connectivity index (χ4v) is 4.00. The second-order valence-corrected chi connectivity index (χ2v) is 7.78. The van der Waals surface area contributed by atoms with Crippen LogP contribution in [0.2, 0.25) is 0 Å². The van der Waals surface area contributed by atoms with Crippen molar-refractivity contribution in [3.63, 3.8) is 0 Å². The zero-order chi connectivity index (χ0) is 22.7. The highest BCUT2D eigenvalue weighted by atomic mass is 16.5. The van der Waals surface area contributed by atoms with Crippen molar-refractivity contribution in [2.45, 2.75) is 32.7 Å².